The van der Waals surface area contributed by atoms with Gasteiger partial charge in [0.1, 0.15) is 5.69 Å². The number of thiocarbonyl (C=S) groups is 1. The molecule has 0 aromatic heterocycles. The molecule has 2 rings (SSSR count). The number of rotatable bonds is 2. The first-order chi connectivity index (χ1) is 9.90. The SMILES string of the molecule is Cc1ccccc1NC(=S)Nc1c(F)c(F)cc(F)c1F. The summed E-state index contributed by atoms with van der Waals surface area (Å²) in [6.45, 7) is 1.80. The smallest absolute Gasteiger partial charge is 0.185 e. The number of halogens is 4. The first-order valence-corrected chi connectivity index (χ1v) is 6.27. The highest BCUT2D eigenvalue weighted by Gasteiger charge is 2.19. The van der Waals surface area contributed by atoms with Gasteiger partial charge in [0.2, 0.25) is 0 Å². The summed E-state index contributed by atoms with van der Waals surface area (Å²) >= 11 is 4.88. The Morgan fingerprint density at radius 1 is 0.952 bits per heavy atom. The molecule has 0 bridgehead atoms. The van der Waals surface area contributed by atoms with Gasteiger partial charge in [0.25, 0.3) is 0 Å². The molecule has 2 nitrogen and oxygen atoms in total. The average molecular weight is 314 g/mol. The largest absolute Gasteiger partial charge is 0.332 e. The van der Waals surface area contributed by atoms with Gasteiger partial charge in [-0.15, -0.1) is 0 Å². The van der Waals surface area contributed by atoms with Crippen LogP contribution >= 0.6 is 12.2 Å². The summed E-state index contributed by atoms with van der Waals surface area (Å²) in [6.07, 6.45) is 0. The van der Waals surface area contributed by atoms with E-state index in [4.69, 9.17) is 12.2 Å². The lowest BCUT2D eigenvalue weighted by Gasteiger charge is -2.14. The Balaban J connectivity index is 2.23. The van der Waals surface area contributed by atoms with Crippen LogP contribution in [0.4, 0.5) is 28.9 Å². The van der Waals surface area contributed by atoms with Gasteiger partial charge in [0.15, 0.2) is 28.4 Å². The molecule has 2 aromatic carbocycles. The molecular weight excluding hydrogens is 304 g/mol. The molecule has 0 heterocycles. The second kappa shape index (κ2) is 6.09. The quantitative estimate of drug-likeness (QED) is 0.489. The second-order valence-electron chi connectivity index (χ2n) is 4.24. The van der Waals surface area contributed by atoms with Crippen LogP contribution in [0.25, 0.3) is 0 Å². The van der Waals surface area contributed by atoms with Crippen LogP contribution in [0.1, 0.15) is 5.56 Å². The van der Waals surface area contributed by atoms with Gasteiger partial charge in [-0.25, -0.2) is 17.6 Å². The summed E-state index contributed by atoms with van der Waals surface area (Å²) in [4.78, 5) is 0. The van der Waals surface area contributed by atoms with E-state index in [1.165, 1.54) is 0 Å². The predicted molar refractivity (Wildman–Crippen MR) is 77.3 cm³/mol. The van der Waals surface area contributed by atoms with Gasteiger partial charge in [0, 0.05) is 11.8 Å². The van der Waals surface area contributed by atoms with Gasteiger partial charge in [-0.1, -0.05) is 18.2 Å². The molecule has 0 aliphatic carbocycles. The van der Waals surface area contributed by atoms with Crippen molar-refractivity contribution in [1.82, 2.24) is 0 Å². The predicted octanol–water partition coefficient (Wildman–Crippen LogP) is 4.36. The molecule has 0 aliphatic rings. The first-order valence-electron chi connectivity index (χ1n) is 5.86. The molecular formula is C14H10F4N2S. The number of anilines is 2. The maximum Gasteiger partial charge on any atom is 0.185 e. The number of aryl methyl sites for hydroxylation is 1. The Bertz CT molecular complexity index is 677. The van der Waals surface area contributed by atoms with E-state index in [9.17, 15) is 17.6 Å². The van der Waals surface area contributed by atoms with Crippen molar-refractivity contribution in [3.8, 4) is 0 Å². The van der Waals surface area contributed by atoms with E-state index in [-0.39, 0.29) is 11.2 Å². The maximum atomic E-state index is 13.5. The van der Waals surface area contributed by atoms with Crippen LogP contribution in [0.15, 0.2) is 30.3 Å². The number of hydrogen-bond acceptors (Lipinski definition) is 1. The van der Waals surface area contributed by atoms with E-state index in [1.807, 2.05) is 0 Å². The van der Waals surface area contributed by atoms with Crippen molar-refractivity contribution in [2.24, 2.45) is 0 Å². The summed E-state index contributed by atoms with van der Waals surface area (Å²) in [5.74, 6) is -6.09. The minimum absolute atomic E-state index is 0.133. The monoisotopic (exact) mass is 314 g/mol. The second-order valence-corrected chi connectivity index (χ2v) is 4.65. The topological polar surface area (TPSA) is 24.1 Å². The average Bonchev–Trinajstić information content (AvgIpc) is 2.44. The lowest BCUT2D eigenvalue weighted by atomic mass is 10.2. The standard InChI is InChI=1S/C14H10F4N2S/c1-7-4-2-3-5-10(7)19-14(21)20-13-11(17)8(15)6-9(16)12(13)18/h2-6H,1H3,(H2,19,20,21). The molecule has 110 valence electrons. The Kier molecular flexibility index (Phi) is 4.42. The first kappa shape index (κ1) is 15.2. The van der Waals surface area contributed by atoms with Crippen molar-refractivity contribution in [2.75, 3.05) is 10.6 Å². The summed E-state index contributed by atoms with van der Waals surface area (Å²) in [7, 11) is 0. The van der Waals surface area contributed by atoms with E-state index in [2.05, 4.69) is 10.6 Å². The number of benzene rings is 2. The lowest BCUT2D eigenvalue weighted by molar-refractivity contribution is 0.459. The van der Waals surface area contributed by atoms with Crippen LogP contribution in [-0.4, -0.2) is 5.11 Å². The van der Waals surface area contributed by atoms with E-state index < -0.39 is 29.0 Å². The highest BCUT2D eigenvalue weighted by molar-refractivity contribution is 7.80. The van der Waals surface area contributed by atoms with E-state index in [1.54, 1.807) is 31.2 Å². The van der Waals surface area contributed by atoms with Crippen molar-refractivity contribution in [3.63, 3.8) is 0 Å². The highest BCUT2D eigenvalue weighted by atomic mass is 32.1. The van der Waals surface area contributed by atoms with Gasteiger partial charge in [0.05, 0.1) is 0 Å². The van der Waals surface area contributed by atoms with Gasteiger partial charge in [-0.05, 0) is 30.8 Å². The number of hydrogen-bond donors (Lipinski definition) is 2. The van der Waals surface area contributed by atoms with Crippen molar-refractivity contribution in [3.05, 3.63) is 59.2 Å². The van der Waals surface area contributed by atoms with Crippen LogP contribution in [0.3, 0.4) is 0 Å². The maximum absolute atomic E-state index is 13.5. The molecule has 2 N–H and O–H groups in total. The lowest BCUT2D eigenvalue weighted by Crippen LogP contribution is -2.21. The zero-order chi connectivity index (χ0) is 15.6. The molecule has 0 aliphatic heterocycles. The fourth-order valence-corrected chi connectivity index (χ4v) is 1.88. The summed E-state index contributed by atoms with van der Waals surface area (Å²) < 4.78 is 53.1. The minimum Gasteiger partial charge on any atom is -0.332 e. The van der Waals surface area contributed by atoms with Gasteiger partial charge >= 0.3 is 0 Å². The van der Waals surface area contributed by atoms with Crippen LogP contribution in [-0.2, 0) is 0 Å². The van der Waals surface area contributed by atoms with Crippen molar-refractivity contribution in [1.29, 1.82) is 0 Å². The minimum atomic E-state index is -1.54. The van der Waals surface area contributed by atoms with Gasteiger partial charge in [-0.2, -0.15) is 0 Å². The Morgan fingerprint density at radius 3 is 2.10 bits per heavy atom. The third-order valence-corrected chi connectivity index (χ3v) is 2.95. The van der Waals surface area contributed by atoms with Crippen LogP contribution < -0.4 is 10.6 Å². The van der Waals surface area contributed by atoms with E-state index in [0.29, 0.717) is 5.69 Å². The Morgan fingerprint density at radius 2 is 1.52 bits per heavy atom. The molecule has 2 aromatic rings. The summed E-state index contributed by atoms with van der Waals surface area (Å²) in [6, 6.07) is 7.17. The van der Waals surface area contributed by atoms with Crippen LogP contribution in [0, 0.1) is 30.2 Å². The molecule has 0 saturated carbocycles. The molecule has 21 heavy (non-hydrogen) atoms. The van der Waals surface area contributed by atoms with E-state index >= 15 is 0 Å². The molecule has 7 heteroatoms. The Hall–Kier alpha value is -2.15. The molecule has 0 unspecified atom stereocenters. The normalized spacial score (nSPS) is 10.3. The molecule has 0 fully saturated rings. The molecule has 0 spiro atoms. The fraction of sp³-hybridized carbons (Fsp3) is 0.0714. The third kappa shape index (κ3) is 3.30. The molecule has 0 radical (unpaired) electrons. The molecule has 0 saturated heterocycles. The van der Waals surface area contributed by atoms with Gasteiger partial charge in [-0.3, -0.25) is 0 Å². The van der Waals surface area contributed by atoms with Crippen molar-refractivity contribution >= 4 is 28.7 Å². The zero-order valence-corrected chi connectivity index (χ0v) is 11.6. The molecule has 0 atom stereocenters. The zero-order valence-electron chi connectivity index (χ0n) is 10.8. The summed E-state index contributed by atoms with van der Waals surface area (Å²) in [5, 5.41) is 4.63. The van der Waals surface area contributed by atoms with Crippen molar-refractivity contribution < 1.29 is 17.6 Å². The van der Waals surface area contributed by atoms with Crippen molar-refractivity contribution in [2.45, 2.75) is 6.92 Å². The number of nitrogens with one attached hydrogen (secondary N) is 2. The summed E-state index contributed by atoms with van der Waals surface area (Å²) in [5.41, 5.74) is 0.472. The van der Waals surface area contributed by atoms with Gasteiger partial charge < -0.3 is 10.6 Å². The van der Waals surface area contributed by atoms with Crippen LogP contribution in [0.5, 0.6) is 0 Å². The third-order valence-electron chi connectivity index (χ3n) is 2.74. The van der Waals surface area contributed by atoms with Crippen LogP contribution in [0.2, 0.25) is 0 Å². The van der Waals surface area contributed by atoms with E-state index in [0.717, 1.165) is 5.56 Å². The Labute approximate surface area is 123 Å². The number of para-hydroxylation sites is 1. The molecule has 0 amide bonds. The highest BCUT2D eigenvalue weighted by Crippen LogP contribution is 2.24. The fourth-order valence-electron chi connectivity index (χ4n) is 1.66.